The lowest BCUT2D eigenvalue weighted by molar-refractivity contribution is -0.148. The van der Waals surface area contributed by atoms with E-state index in [1.165, 1.54) is 7.11 Å². The maximum atomic E-state index is 11.1. The zero-order valence-electron chi connectivity index (χ0n) is 15.7. The Hall–Kier alpha value is -2.84. The molecule has 2 rings (SSSR count). The van der Waals surface area contributed by atoms with Crippen LogP contribution >= 0.6 is 0 Å². The predicted octanol–water partition coefficient (Wildman–Crippen LogP) is 2.79. The molecule has 0 spiro atoms. The Morgan fingerprint density at radius 2 is 1.79 bits per heavy atom. The number of rotatable bonds is 10. The van der Waals surface area contributed by atoms with Gasteiger partial charge in [-0.3, -0.25) is 0 Å². The van der Waals surface area contributed by atoms with Gasteiger partial charge in [-0.2, -0.15) is 8.42 Å². The number of aliphatic carboxylic acids is 1. The first-order valence-electron chi connectivity index (χ1n) is 8.51. The molecule has 0 saturated heterocycles. The van der Waals surface area contributed by atoms with Crippen LogP contribution in [0, 0.1) is 0 Å². The molecule has 0 heterocycles. The van der Waals surface area contributed by atoms with Gasteiger partial charge in [-0.05, 0) is 35.4 Å². The molecule has 0 radical (unpaired) electrons. The van der Waals surface area contributed by atoms with Crippen molar-refractivity contribution in [2.45, 2.75) is 12.5 Å². The van der Waals surface area contributed by atoms with Crippen molar-refractivity contribution in [1.29, 1.82) is 0 Å². The van der Waals surface area contributed by atoms with Crippen molar-refractivity contribution in [1.82, 2.24) is 0 Å². The van der Waals surface area contributed by atoms with E-state index in [2.05, 4.69) is 5.32 Å². The van der Waals surface area contributed by atoms with E-state index in [-0.39, 0.29) is 5.75 Å². The molecule has 0 saturated carbocycles. The van der Waals surface area contributed by atoms with Crippen LogP contribution in [0.25, 0.3) is 6.08 Å². The normalized spacial score (nSPS) is 12.6. The standard InChI is InChI=1S/C20H23NO6S/c1-26-19(20(22)23)14-16-5-9-17(10-6-16)21-13-3-4-15-7-11-18(12-8-15)27-28(2,24)25/h3-12,19,21H,13-14H2,1-2H3,(H,22,23). The number of nitrogens with one attached hydrogen (secondary N) is 1. The number of ether oxygens (including phenoxy) is 1. The van der Waals surface area contributed by atoms with Crippen molar-refractivity contribution in [3.63, 3.8) is 0 Å². The summed E-state index contributed by atoms with van der Waals surface area (Å²) in [4.78, 5) is 11.0. The summed E-state index contributed by atoms with van der Waals surface area (Å²) in [5, 5.41) is 12.2. The molecule has 2 aromatic carbocycles. The highest BCUT2D eigenvalue weighted by Crippen LogP contribution is 2.15. The lowest BCUT2D eigenvalue weighted by Crippen LogP contribution is -2.24. The zero-order valence-corrected chi connectivity index (χ0v) is 16.5. The number of anilines is 1. The summed E-state index contributed by atoms with van der Waals surface area (Å²) in [6, 6.07) is 14.2. The van der Waals surface area contributed by atoms with Gasteiger partial charge in [-0.25, -0.2) is 4.79 Å². The summed E-state index contributed by atoms with van der Waals surface area (Å²) in [5.41, 5.74) is 2.71. The molecule has 8 heteroatoms. The van der Waals surface area contributed by atoms with Crippen molar-refractivity contribution >= 4 is 27.9 Å². The van der Waals surface area contributed by atoms with E-state index in [1.807, 2.05) is 36.4 Å². The first-order valence-corrected chi connectivity index (χ1v) is 10.3. The molecular formula is C20H23NO6S. The molecule has 0 amide bonds. The van der Waals surface area contributed by atoms with Gasteiger partial charge >= 0.3 is 16.1 Å². The summed E-state index contributed by atoms with van der Waals surface area (Å²) in [5.74, 6) is -0.706. The van der Waals surface area contributed by atoms with Crippen molar-refractivity contribution < 1.29 is 27.2 Å². The van der Waals surface area contributed by atoms with E-state index >= 15 is 0 Å². The Morgan fingerprint density at radius 1 is 1.14 bits per heavy atom. The highest BCUT2D eigenvalue weighted by Gasteiger charge is 2.16. The zero-order chi connectivity index (χ0) is 20.6. The van der Waals surface area contributed by atoms with Crippen LogP contribution in [0.1, 0.15) is 11.1 Å². The van der Waals surface area contributed by atoms with E-state index in [9.17, 15) is 13.2 Å². The predicted molar refractivity (Wildman–Crippen MR) is 108 cm³/mol. The number of carboxylic acid groups (broad SMARTS) is 1. The summed E-state index contributed by atoms with van der Waals surface area (Å²) in [7, 11) is -2.14. The number of methoxy groups -OCH3 is 1. The topological polar surface area (TPSA) is 102 Å². The molecule has 2 aromatic rings. The molecule has 0 aromatic heterocycles. The Balaban J connectivity index is 1.83. The highest BCUT2D eigenvalue weighted by molar-refractivity contribution is 7.86. The van der Waals surface area contributed by atoms with E-state index in [1.54, 1.807) is 24.3 Å². The van der Waals surface area contributed by atoms with Gasteiger partial charge in [0.1, 0.15) is 5.75 Å². The lowest BCUT2D eigenvalue weighted by Gasteiger charge is -2.11. The molecule has 0 aliphatic carbocycles. The van der Waals surface area contributed by atoms with Gasteiger partial charge < -0.3 is 19.3 Å². The molecule has 28 heavy (non-hydrogen) atoms. The third kappa shape index (κ3) is 7.42. The summed E-state index contributed by atoms with van der Waals surface area (Å²) >= 11 is 0. The van der Waals surface area contributed by atoms with Gasteiger partial charge in [-0.1, -0.05) is 36.4 Å². The summed E-state index contributed by atoms with van der Waals surface area (Å²) in [6.45, 7) is 0.594. The second kappa shape index (κ2) is 9.91. The maximum absolute atomic E-state index is 11.1. The maximum Gasteiger partial charge on any atom is 0.333 e. The van der Waals surface area contributed by atoms with E-state index in [0.717, 1.165) is 23.1 Å². The number of carbonyl (C=O) groups is 1. The Labute approximate surface area is 164 Å². The second-order valence-corrected chi connectivity index (χ2v) is 7.68. The molecular weight excluding hydrogens is 382 g/mol. The highest BCUT2D eigenvalue weighted by atomic mass is 32.2. The average Bonchev–Trinajstić information content (AvgIpc) is 2.64. The second-order valence-electron chi connectivity index (χ2n) is 6.10. The van der Waals surface area contributed by atoms with Crippen molar-refractivity contribution in [2.75, 3.05) is 25.2 Å². The van der Waals surface area contributed by atoms with Gasteiger partial charge in [0, 0.05) is 25.8 Å². The molecule has 0 bridgehead atoms. The minimum atomic E-state index is -3.52. The minimum absolute atomic E-state index is 0.275. The lowest BCUT2D eigenvalue weighted by atomic mass is 10.1. The Morgan fingerprint density at radius 3 is 2.32 bits per heavy atom. The smallest absolute Gasteiger partial charge is 0.333 e. The number of hydrogen-bond donors (Lipinski definition) is 2. The van der Waals surface area contributed by atoms with Crippen LogP contribution in [0.4, 0.5) is 5.69 Å². The molecule has 1 unspecified atom stereocenters. The van der Waals surface area contributed by atoms with Crippen molar-refractivity contribution in [3.8, 4) is 5.75 Å². The molecule has 150 valence electrons. The molecule has 7 nitrogen and oxygen atoms in total. The first kappa shape index (κ1) is 21.5. The minimum Gasteiger partial charge on any atom is -0.479 e. The van der Waals surface area contributed by atoms with E-state index < -0.39 is 22.2 Å². The fourth-order valence-corrected chi connectivity index (χ4v) is 2.89. The van der Waals surface area contributed by atoms with Gasteiger partial charge in [-0.15, -0.1) is 0 Å². The molecule has 1 atom stereocenters. The molecule has 0 aliphatic heterocycles. The van der Waals surface area contributed by atoms with Crippen LogP contribution in [-0.4, -0.2) is 45.5 Å². The van der Waals surface area contributed by atoms with Crippen LogP contribution in [0.5, 0.6) is 5.75 Å². The van der Waals surface area contributed by atoms with Gasteiger partial charge in [0.25, 0.3) is 0 Å². The van der Waals surface area contributed by atoms with E-state index in [4.69, 9.17) is 14.0 Å². The van der Waals surface area contributed by atoms with Crippen LogP contribution in [-0.2, 0) is 26.1 Å². The van der Waals surface area contributed by atoms with E-state index in [0.29, 0.717) is 13.0 Å². The SMILES string of the molecule is COC(Cc1ccc(NCC=Cc2ccc(OS(C)(=O)=O)cc2)cc1)C(=O)O. The number of carboxylic acids is 1. The molecule has 2 N–H and O–H groups in total. The third-order valence-corrected chi connectivity index (χ3v) is 4.29. The quantitative estimate of drug-likeness (QED) is 0.586. The van der Waals surface area contributed by atoms with Gasteiger partial charge in [0.15, 0.2) is 6.10 Å². The molecule has 0 fully saturated rings. The fraction of sp³-hybridized carbons (Fsp3) is 0.250. The fourth-order valence-electron chi connectivity index (χ4n) is 2.43. The van der Waals surface area contributed by atoms with Crippen LogP contribution in [0.15, 0.2) is 54.6 Å². The van der Waals surface area contributed by atoms with Crippen molar-refractivity contribution in [3.05, 3.63) is 65.7 Å². The Bertz CT molecular complexity index is 905. The van der Waals surface area contributed by atoms with Crippen LogP contribution < -0.4 is 9.50 Å². The van der Waals surface area contributed by atoms with Crippen LogP contribution in [0.3, 0.4) is 0 Å². The third-order valence-electron chi connectivity index (χ3n) is 3.80. The first-order chi connectivity index (χ1) is 13.3. The van der Waals surface area contributed by atoms with Gasteiger partial charge in [0.2, 0.25) is 0 Å². The Kier molecular flexibility index (Phi) is 7.60. The number of benzene rings is 2. The summed E-state index contributed by atoms with van der Waals surface area (Å²) < 4.78 is 31.9. The average molecular weight is 405 g/mol. The van der Waals surface area contributed by atoms with Crippen molar-refractivity contribution in [2.24, 2.45) is 0 Å². The monoisotopic (exact) mass is 405 g/mol. The molecule has 0 aliphatic rings. The summed E-state index contributed by atoms with van der Waals surface area (Å²) in [6.07, 6.45) is 4.30. The number of hydrogen-bond acceptors (Lipinski definition) is 6. The van der Waals surface area contributed by atoms with Gasteiger partial charge in [0.05, 0.1) is 6.26 Å². The van der Waals surface area contributed by atoms with Crippen LogP contribution in [0.2, 0.25) is 0 Å². The largest absolute Gasteiger partial charge is 0.479 e.